The molecule has 0 bridgehead atoms. The lowest BCUT2D eigenvalue weighted by Crippen LogP contribution is -1.99. The maximum atomic E-state index is 4.94. The van der Waals surface area contributed by atoms with E-state index in [2.05, 4.69) is 37.5 Å². The van der Waals surface area contributed by atoms with Gasteiger partial charge in [0, 0.05) is 11.0 Å². The first kappa shape index (κ1) is 10.8. The van der Waals surface area contributed by atoms with Crippen molar-refractivity contribution in [3.63, 3.8) is 0 Å². The Hall–Kier alpha value is -0.720. The Bertz CT molecular complexity index is 506. The van der Waals surface area contributed by atoms with Crippen molar-refractivity contribution in [2.75, 3.05) is 5.32 Å². The van der Waals surface area contributed by atoms with Crippen molar-refractivity contribution in [2.24, 2.45) is 0 Å². The number of anilines is 1. The minimum atomic E-state index is 0.685. The summed E-state index contributed by atoms with van der Waals surface area (Å²) in [6.07, 6.45) is 0. The van der Waals surface area contributed by atoms with E-state index in [1.807, 2.05) is 18.2 Å². The van der Waals surface area contributed by atoms with Crippen LogP contribution in [0.1, 0.15) is 5.56 Å². The molecule has 0 spiro atoms. The highest BCUT2D eigenvalue weighted by atomic mass is 79.9. The van der Waals surface area contributed by atoms with E-state index in [9.17, 15) is 0 Å². The maximum Gasteiger partial charge on any atom is 0.204 e. The number of benzene rings is 1. The molecule has 0 atom stereocenters. The Morgan fingerprint density at radius 2 is 2.27 bits per heavy atom. The monoisotopic (exact) mass is 301 g/mol. The first-order valence-corrected chi connectivity index (χ1v) is 6.30. The topological polar surface area (TPSA) is 40.7 Å². The molecule has 0 fully saturated rings. The third kappa shape index (κ3) is 2.87. The minimum absolute atomic E-state index is 0.685. The van der Waals surface area contributed by atoms with Crippen LogP contribution in [0, 0.1) is 3.95 Å². The second-order valence-corrected chi connectivity index (χ2v) is 5.38. The highest BCUT2D eigenvalue weighted by molar-refractivity contribution is 9.10. The molecule has 0 unspecified atom stereocenters. The summed E-state index contributed by atoms with van der Waals surface area (Å²) >= 11 is 9.86. The molecule has 2 rings (SSSR count). The number of nitrogens with one attached hydrogen (secondary N) is 2. The van der Waals surface area contributed by atoms with Crippen molar-refractivity contribution >= 4 is 44.6 Å². The SMILES string of the molecule is S=c1[nH]nc(NCc2ccccc2Br)s1. The summed E-state index contributed by atoms with van der Waals surface area (Å²) in [5.41, 5.74) is 1.19. The number of aromatic nitrogens is 2. The zero-order chi connectivity index (χ0) is 10.7. The molecule has 2 aromatic rings. The molecule has 3 nitrogen and oxygen atoms in total. The highest BCUT2D eigenvalue weighted by Gasteiger charge is 2.00. The van der Waals surface area contributed by atoms with Crippen LogP contribution in [-0.4, -0.2) is 10.2 Å². The van der Waals surface area contributed by atoms with Crippen molar-refractivity contribution in [1.82, 2.24) is 10.2 Å². The van der Waals surface area contributed by atoms with Crippen molar-refractivity contribution in [2.45, 2.75) is 6.54 Å². The molecular weight excluding hydrogens is 294 g/mol. The predicted molar refractivity (Wildman–Crippen MR) is 68.8 cm³/mol. The third-order valence-corrected chi connectivity index (χ3v) is 3.65. The van der Waals surface area contributed by atoms with Gasteiger partial charge in [0.25, 0.3) is 0 Å². The molecule has 1 aromatic carbocycles. The molecule has 6 heteroatoms. The molecular formula is C9H8BrN3S2. The molecule has 0 saturated heterocycles. The first-order chi connectivity index (χ1) is 7.25. The van der Waals surface area contributed by atoms with Crippen LogP contribution in [0.5, 0.6) is 0 Å². The molecule has 78 valence electrons. The van der Waals surface area contributed by atoms with Crippen molar-refractivity contribution < 1.29 is 0 Å². The number of rotatable bonds is 3. The Balaban J connectivity index is 2.05. The predicted octanol–water partition coefficient (Wildman–Crippen LogP) is 3.58. The molecule has 0 aliphatic carbocycles. The maximum absolute atomic E-state index is 4.94. The zero-order valence-electron chi connectivity index (χ0n) is 7.66. The number of hydrogen-bond donors (Lipinski definition) is 2. The van der Waals surface area contributed by atoms with Gasteiger partial charge in [-0.15, -0.1) is 5.10 Å². The van der Waals surface area contributed by atoms with E-state index < -0.39 is 0 Å². The van der Waals surface area contributed by atoms with E-state index in [-0.39, 0.29) is 0 Å². The molecule has 0 saturated carbocycles. The van der Waals surface area contributed by atoms with Gasteiger partial charge >= 0.3 is 0 Å². The molecule has 15 heavy (non-hydrogen) atoms. The van der Waals surface area contributed by atoms with Gasteiger partial charge in [-0.3, -0.25) is 5.10 Å². The summed E-state index contributed by atoms with van der Waals surface area (Å²) < 4.78 is 1.78. The van der Waals surface area contributed by atoms with E-state index in [1.54, 1.807) is 0 Å². The number of nitrogens with zero attached hydrogens (tertiary/aromatic N) is 1. The van der Waals surface area contributed by atoms with Gasteiger partial charge in [0.1, 0.15) is 0 Å². The fraction of sp³-hybridized carbons (Fsp3) is 0.111. The first-order valence-electron chi connectivity index (χ1n) is 4.28. The molecule has 1 aromatic heterocycles. The second kappa shape index (κ2) is 4.87. The lowest BCUT2D eigenvalue weighted by Gasteiger charge is -2.04. The van der Waals surface area contributed by atoms with Crippen LogP contribution in [0.3, 0.4) is 0 Å². The quantitative estimate of drug-likeness (QED) is 0.852. The molecule has 0 amide bonds. The molecule has 1 heterocycles. The van der Waals surface area contributed by atoms with Crippen LogP contribution in [0.25, 0.3) is 0 Å². The number of aromatic amines is 1. The Labute approximate surface area is 105 Å². The van der Waals surface area contributed by atoms with Gasteiger partial charge in [-0.2, -0.15) is 0 Å². The molecule has 0 radical (unpaired) electrons. The number of halogens is 1. The van der Waals surface area contributed by atoms with Crippen LogP contribution >= 0.6 is 39.5 Å². The van der Waals surface area contributed by atoms with Crippen LogP contribution in [-0.2, 0) is 6.54 Å². The van der Waals surface area contributed by atoms with Gasteiger partial charge in [0.15, 0.2) is 3.95 Å². The average Bonchev–Trinajstić information content (AvgIpc) is 2.63. The molecule has 0 aliphatic heterocycles. The fourth-order valence-corrected chi connectivity index (χ4v) is 2.33. The third-order valence-electron chi connectivity index (χ3n) is 1.83. The summed E-state index contributed by atoms with van der Waals surface area (Å²) in [7, 11) is 0. The summed E-state index contributed by atoms with van der Waals surface area (Å²) in [4.78, 5) is 0. The normalized spacial score (nSPS) is 10.2. The summed E-state index contributed by atoms with van der Waals surface area (Å²) in [5.74, 6) is 0. The summed E-state index contributed by atoms with van der Waals surface area (Å²) in [6, 6.07) is 8.08. The van der Waals surface area contributed by atoms with Crippen LogP contribution < -0.4 is 5.32 Å². The van der Waals surface area contributed by atoms with Gasteiger partial charge in [0.05, 0.1) is 0 Å². The van der Waals surface area contributed by atoms with Crippen LogP contribution in [0.4, 0.5) is 5.13 Å². The van der Waals surface area contributed by atoms with E-state index >= 15 is 0 Å². The zero-order valence-corrected chi connectivity index (χ0v) is 10.9. The van der Waals surface area contributed by atoms with Crippen LogP contribution in [0.15, 0.2) is 28.7 Å². The largest absolute Gasteiger partial charge is 0.356 e. The van der Waals surface area contributed by atoms with Crippen LogP contribution in [0.2, 0.25) is 0 Å². The lowest BCUT2D eigenvalue weighted by molar-refractivity contribution is 1.04. The summed E-state index contributed by atoms with van der Waals surface area (Å²) in [5, 5.41) is 10.8. The Kier molecular flexibility index (Phi) is 3.50. The fourth-order valence-electron chi connectivity index (χ4n) is 1.12. The average molecular weight is 302 g/mol. The smallest absolute Gasteiger partial charge is 0.204 e. The Morgan fingerprint density at radius 1 is 1.47 bits per heavy atom. The van der Waals surface area contributed by atoms with Gasteiger partial charge in [0.2, 0.25) is 5.13 Å². The van der Waals surface area contributed by atoms with E-state index in [0.717, 1.165) is 16.1 Å². The van der Waals surface area contributed by atoms with E-state index in [1.165, 1.54) is 16.9 Å². The van der Waals surface area contributed by atoms with Gasteiger partial charge in [-0.05, 0) is 23.8 Å². The van der Waals surface area contributed by atoms with Gasteiger partial charge < -0.3 is 5.32 Å². The van der Waals surface area contributed by atoms with Gasteiger partial charge in [-0.25, -0.2) is 0 Å². The van der Waals surface area contributed by atoms with E-state index in [0.29, 0.717) is 3.95 Å². The van der Waals surface area contributed by atoms with Gasteiger partial charge in [-0.1, -0.05) is 45.5 Å². The molecule has 0 aliphatic rings. The molecule has 2 N–H and O–H groups in total. The van der Waals surface area contributed by atoms with Crippen molar-refractivity contribution in [1.29, 1.82) is 0 Å². The standard InChI is InChI=1S/C9H8BrN3S2/c10-7-4-2-1-3-6(7)5-11-8-12-13-9(14)15-8/h1-4H,5H2,(H,11,12)(H,13,14). The highest BCUT2D eigenvalue weighted by Crippen LogP contribution is 2.18. The second-order valence-electron chi connectivity index (χ2n) is 2.86. The Morgan fingerprint density at radius 3 is 2.93 bits per heavy atom. The van der Waals surface area contributed by atoms with E-state index in [4.69, 9.17) is 12.2 Å². The number of hydrogen-bond acceptors (Lipinski definition) is 4. The minimum Gasteiger partial charge on any atom is -0.356 e. The lowest BCUT2D eigenvalue weighted by atomic mass is 10.2. The van der Waals surface area contributed by atoms with Crippen molar-refractivity contribution in [3.8, 4) is 0 Å². The summed E-state index contributed by atoms with van der Waals surface area (Å²) in [6.45, 7) is 0.734. The van der Waals surface area contributed by atoms with Crippen molar-refractivity contribution in [3.05, 3.63) is 38.3 Å². The number of H-pyrrole nitrogens is 1.